The molecule has 0 heterocycles. The van der Waals surface area contributed by atoms with Gasteiger partial charge in [-0.15, -0.1) is 6.58 Å². The Kier molecular flexibility index (Phi) is 12.7. The van der Waals surface area contributed by atoms with Crippen molar-refractivity contribution < 1.29 is 23.8 Å². The van der Waals surface area contributed by atoms with Gasteiger partial charge in [0, 0.05) is 5.82 Å². The van der Waals surface area contributed by atoms with E-state index in [2.05, 4.69) is 23.8 Å². The highest BCUT2D eigenvalue weighted by Crippen LogP contribution is 2.19. The fourth-order valence-corrected chi connectivity index (χ4v) is 3.01. The lowest BCUT2D eigenvalue weighted by Gasteiger charge is -2.25. The van der Waals surface area contributed by atoms with Gasteiger partial charge in [0.25, 0.3) is 7.48 Å². The standard InChI is InChI=1S/C23H34BN3O5/c1-5-7-18(14-28)26-23(30)21(16(3)4)27-22(29)20(24-32-15-25)13-17-8-10-19(11-9-17)31-12-6-2/h5-6,8-11,14,16,18,20-21,24H,1-2,7,12-13,15,25H2,3-4H3,(H,26,30)(H,27,29)/t18-,20-,21-/m0/s1. The fourth-order valence-electron chi connectivity index (χ4n) is 3.01. The van der Waals surface area contributed by atoms with Crippen LogP contribution >= 0.6 is 0 Å². The summed E-state index contributed by atoms with van der Waals surface area (Å²) in [6.07, 6.45) is 4.57. The molecule has 0 aliphatic carbocycles. The molecule has 4 N–H and O–H groups in total. The number of nitrogens with one attached hydrogen (secondary N) is 2. The monoisotopic (exact) mass is 443 g/mol. The van der Waals surface area contributed by atoms with Crippen molar-refractivity contribution in [3.05, 3.63) is 55.1 Å². The molecule has 1 rings (SSSR count). The van der Waals surface area contributed by atoms with Crippen molar-refractivity contribution in [2.75, 3.05) is 13.3 Å². The zero-order valence-electron chi connectivity index (χ0n) is 18.9. The van der Waals surface area contributed by atoms with Gasteiger partial charge in [-0.3, -0.25) is 9.59 Å². The molecule has 0 aliphatic heterocycles. The van der Waals surface area contributed by atoms with Crippen molar-refractivity contribution >= 4 is 25.6 Å². The summed E-state index contributed by atoms with van der Waals surface area (Å²) in [4.78, 5) is 36.9. The minimum atomic E-state index is -0.801. The zero-order valence-corrected chi connectivity index (χ0v) is 18.9. The first-order valence-corrected chi connectivity index (χ1v) is 10.6. The second-order valence-electron chi connectivity index (χ2n) is 7.69. The zero-order chi connectivity index (χ0) is 23.9. The minimum Gasteiger partial charge on any atom is -0.490 e. The fraction of sp³-hybridized carbons (Fsp3) is 0.435. The quantitative estimate of drug-likeness (QED) is 0.153. The van der Waals surface area contributed by atoms with Crippen LogP contribution in [0, 0.1) is 5.92 Å². The summed E-state index contributed by atoms with van der Waals surface area (Å²) in [5.74, 6) is -0.788. The maximum absolute atomic E-state index is 13.0. The molecule has 0 aromatic heterocycles. The van der Waals surface area contributed by atoms with Crippen LogP contribution in [0.25, 0.3) is 0 Å². The topological polar surface area (TPSA) is 120 Å². The molecular formula is C23H34BN3O5. The van der Waals surface area contributed by atoms with Gasteiger partial charge in [0.15, 0.2) is 0 Å². The summed E-state index contributed by atoms with van der Waals surface area (Å²) in [6.45, 7) is 11.2. The summed E-state index contributed by atoms with van der Waals surface area (Å²) in [5, 5.41) is 5.45. The molecular weight excluding hydrogens is 409 g/mol. The molecule has 0 aliphatic rings. The van der Waals surface area contributed by atoms with E-state index in [1.807, 2.05) is 38.1 Å². The molecule has 1 aromatic rings. The highest BCUT2D eigenvalue weighted by Gasteiger charge is 2.29. The van der Waals surface area contributed by atoms with E-state index in [0.717, 1.165) is 5.56 Å². The van der Waals surface area contributed by atoms with Crippen molar-refractivity contribution in [1.82, 2.24) is 10.6 Å². The number of hydrogen-bond acceptors (Lipinski definition) is 6. The van der Waals surface area contributed by atoms with Crippen molar-refractivity contribution in [1.29, 1.82) is 0 Å². The minimum absolute atomic E-state index is 0.0191. The molecule has 0 saturated carbocycles. The predicted molar refractivity (Wildman–Crippen MR) is 126 cm³/mol. The smallest absolute Gasteiger partial charge is 0.289 e. The van der Waals surface area contributed by atoms with Gasteiger partial charge in [0.05, 0.1) is 12.8 Å². The number of benzene rings is 1. The number of rotatable bonds is 16. The van der Waals surface area contributed by atoms with E-state index in [1.165, 1.54) is 0 Å². The molecule has 32 heavy (non-hydrogen) atoms. The Hall–Kier alpha value is -2.91. The molecule has 174 valence electrons. The Morgan fingerprint density at radius 3 is 2.34 bits per heavy atom. The van der Waals surface area contributed by atoms with Crippen molar-refractivity contribution in [2.24, 2.45) is 11.7 Å². The summed E-state index contributed by atoms with van der Waals surface area (Å²) in [5.41, 5.74) is 6.36. The van der Waals surface area contributed by atoms with Crippen molar-refractivity contribution in [3.8, 4) is 5.75 Å². The van der Waals surface area contributed by atoms with Crippen LogP contribution in [0.3, 0.4) is 0 Å². The van der Waals surface area contributed by atoms with E-state index in [4.69, 9.17) is 15.1 Å². The van der Waals surface area contributed by atoms with Gasteiger partial charge in [-0.25, -0.2) is 0 Å². The molecule has 1 aromatic carbocycles. The number of hydrogen-bond donors (Lipinski definition) is 3. The van der Waals surface area contributed by atoms with E-state index in [9.17, 15) is 14.4 Å². The number of ether oxygens (including phenoxy) is 1. The van der Waals surface area contributed by atoms with Gasteiger partial charge in [0.1, 0.15) is 24.7 Å². The van der Waals surface area contributed by atoms with Gasteiger partial charge in [-0.05, 0) is 36.5 Å². The summed E-state index contributed by atoms with van der Waals surface area (Å²) < 4.78 is 10.8. The first-order valence-electron chi connectivity index (χ1n) is 10.6. The molecule has 9 heteroatoms. The predicted octanol–water partition coefficient (Wildman–Crippen LogP) is 1.27. The van der Waals surface area contributed by atoms with Crippen LogP contribution in [0.5, 0.6) is 5.75 Å². The normalized spacial score (nSPS) is 13.4. The molecule has 8 nitrogen and oxygen atoms in total. The molecule has 0 bridgehead atoms. The number of carbonyl (C=O) groups excluding carboxylic acids is 3. The van der Waals surface area contributed by atoms with Crippen LogP contribution in [0.15, 0.2) is 49.6 Å². The molecule has 0 radical (unpaired) electrons. The maximum atomic E-state index is 13.0. The van der Waals surface area contributed by atoms with Crippen LogP contribution in [0.2, 0.25) is 5.82 Å². The molecule has 0 fully saturated rings. The number of aldehydes is 1. The van der Waals surface area contributed by atoms with Crippen molar-refractivity contribution in [3.63, 3.8) is 0 Å². The van der Waals surface area contributed by atoms with E-state index < -0.39 is 23.8 Å². The van der Waals surface area contributed by atoms with E-state index >= 15 is 0 Å². The summed E-state index contributed by atoms with van der Waals surface area (Å²) in [7, 11) is 0.108. The lowest BCUT2D eigenvalue weighted by atomic mass is 9.75. The van der Waals surface area contributed by atoms with Gasteiger partial charge >= 0.3 is 0 Å². The van der Waals surface area contributed by atoms with E-state index in [0.29, 0.717) is 31.5 Å². The second-order valence-corrected chi connectivity index (χ2v) is 7.69. The Balaban J connectivity index is 2.89. The van der Waals surface area contributed by atoms with Crippen LogP contribution in [0.4, 0.5) is 0 Å². The Bertz CT molecular complexity index is 755. The van der Waals surface area contributed by atoms with E-state index in [1.54, 1.807) is 12.2 Å². The average Bonchev–Trinajstić information content (AvgIpc) is 2.78. The lowest BCUT2D eigenvalue weighted by Crippen LogP contribution is -2.53. The van der Waals surface area contributed by atoms with Gasteiger partial charge in [0.2, 0.25) is 11.8 Å². The number of nitrogens with two attached hydrogens (primary N) is 1. The van der Waals surface area contributed by atoms with Gasteiger partial charge in [-0.2, -0.15) is 0 Å². The Labute approximate surface area is 190 Å². The van der Waals surface area contributed by atoms with E-state index in [-0.39, 0.29) is 26.0 Å². The molecule has 0 saturated heterocycles. The molecule has 3 atom stereocenters. The third-order valence-electron chi connectivity index (χ3n) is 4.74. The van der Waals surface area contributed by atoms with Crippen LogP contribution in [0.1, 0.15) is 25.8 Å². The third kappa shape index (κ3) is 9.49. The van der Waals surface area contributed by atoms with Gasteiger partial charge < -0.3 is 30.6 Å². The highest BCUT2D eigenvalue weighted by molar-refractivity contribution is 6.37. The highest BCUT2D eigenvalue weighted by atomic mass is 16.5. The molecule has 2 amide bonds. The average molecular weight is 443 g/mol. The summed E-state index contributed by atoms with van der Waals surface area (Å²) in [6, 6.07) is 5.90. The third-order valence-corrected chi connectivity index (χ3v) is 4.74. The van der Waals surface area contributed by atoms with Gasteiger partial charge in [-0.1, -0.05) is 44.7 Å². The molecule has 0 spiro atoms. The van der Waals surface area contributed by atoms with Crippen molar-refractivity contribution in [2.45, 2.75) is 44.6 Å². The SMILES string of the molecule is C=CCOc1ccc(C[C@H](BOCN)C(=O)N[C@H](C(=O)N[C@H](C=O)CC=C)C(C)C)cc1. The first kappa shape index (κ1) is 27.1. The second kappa shape index (κ2) is 15.0. The maximum Gasteiger partial charge on any atom is 0.289 e. The number of carbonyl (C=O) groups is 3. The Morgan fingerprint density at radius 2 is 1.81 bits per heavy atom. The molecule has 0 unspecified atom stereocenters. The summed E-state index contributed by atoms with van der Waals surface area (Å²) >= 11 is 0. The number of amides is 2. The van der Waals surface area contributed by atoms with Crippen LogP contribution in [-0.2, 0) is 25.5 Å². The largest absolute Gasteiger partial charge is 0.490 e. The lowest BCUT2D eigenvalue weighted by molar-refractivity contribution is -0.131. The Morgan fingerprint density at radius 1 is 1.12 bits per heavy atom. The van der Waals surface area contributed by atoms with Crippen LogP contribution in [-0.4, -0.2) is 51.0 Å². The van der Waals surface area contributed by atoms with Crippen LogP contribution < -0.4 is 21.1 Å². The first-order chi connectivity index (χ1) is 15.4.